The molecule has 0 aliphatic carbocycles. The predicted molar refractivity (Wildman–Crippen MR) is 174 cm³/mol. The van der Waals surface area contributed by atoms with Crippen molar-refractivity contribution in [3.05, 3.63) is 73.3 Å². The molecule has 3 aromatic rings. The summed E-state index contributed by atoms with van der Waals surface area (Å²) >= 11 is 0. The van der Waals surface area contributed by atoms with Gasteiger partial charge in [0, 0.05) is 25.0 Å². The Labute approximate surface area is 257 Å². The van der Waals surface area contributed by atoms with Crippen molar-refractivity contribution in [2.75, 3.05) is 0 Å². The van der Waals surface area contributed by atoms with Crippen molar-refractivity contribution in [3.63, 3.8) is 0 Å². The fraction of sp³-hybridized carbons (Fsp3) is 0.579. The summed E-state index contributed by atoms with van der Waals surface area (Å²) in [5.74, 6) is 3.36. The van der Waals surface area contributed by atoms with E-state index in [1.54, 1.807) is 0 Å². The molecule has 1 aromatic carbocycles. The minimum absolute atomic E-state index is 0.816. The molecule has 4 heteroatoms. The van der Waals surface area contributed by atoms with Crippen LogP contribution < -0.4 is 18.6 Å². The fourth-order valence-electron chi connectivity index (χ4n) is 5.45. The maximum atomic E-state index is 6.15. The van der Waals surface area contributed by atoms with E-state index in [1.165, 1.54) is 116 Å². The number of unbranched alkanes of at least 4 members (excludes halogenated alkanes) is 16. The molecule has 0 saturated carbocycles. The second-order valence-corrected chi connectivity index (χ2v) is 11.9. The van der Waals surface area contributed by atoms with E-state index in [1.807, 2.05) is 36.4 Å². The number of aromatic nitrogens is 2. The molecule has 0 aliphatic heterocycles. The van der Waals surface area contributed by atoms with Crippen molar-refractivity contribution in [1.29, 1.82) is 0 Å². The van der Waals surface area contributed by atoms with Crippen molar-refractivity contribution in [2.45, 2.75) is 143 Å². The number of benzene rings is 1. The second-order valence-electron chi connectivity index (χ2n) is 11.9. The van der Waals surface area contributed by atoms with Crippen LogP contribution in [0.1, 0.15) is 129 Å². The lowest BCUT2D eigenvalue weighted by molar-refractivity contribution is -0.697. The lowest BCUT2D eigenvalue weighted by Crippen LogP contribution is -2.32. The number of hydrogen-bond acceptors (Lipinski definition) is 2. The third kappa shape index (κ3) is 14.8. The first-order valence-corrected chi connectivity index (χ1v) is 17.2. The summed E-state index contributed by atoms with van der Waals surface area (Å²) in [5, 5.41) is 0. The van der Waals surface area contributed by atoms with Gasteiger partial charge in [0.1, 0.15) is 24.6 Å². The van der Waals surface area contributed by atoms with E-state index in [-0.39, 0.29) is 0 Å². The molecule has 0 bridgehead atoms. The van der Waals surface area contributed by atoms with E-state index >= 15 is 0 Å². The van der Waals surface area contributed by atoms with Gasteiger partial charge in [0.15, 0.2) is 23.9 Å². The fourth-order valence-corrected chi connectivity index (χ4v) is 5.45. The first-order chi connectivity index (χ1) is 20.8. The summed E-state index contributed by atoms with van der Waals surface area (Å²) < 4.78 is 16.8. The van der Waals surface area contributed by atoms with Crippen molar-refractivity contribution < 1.29 is 18.6 Å². The standard InChI is InChI=1S/C38H58N2O2/c1-3-5-7-9-11-13-15-17-19-29-39-31-21-23-37(33-39)41-35-25-27-36(28-26-35)42-38-24-22-32-40(34-38)30-20-18-16-14-12-10-8-6-4-2/h21-28,31-34H,3-20,29-30H2,1-2H3/q+2. The van der Waals surface area contributed by atoms with Crippen molar-refractivity contribution >= 4 is 0 Å². The molecule has 0 fully saturated rings. The highest BCUT2D eigenvalue weighted by Gasteiger charge is 2.08. The van der Waals surface area contributed by atoms with Gasteiger partial charge in [0.25, 0.3) is 0 Å². The summed E-state index contributed by atoms with van der Waals surface area (Å²) in [6, 6.07) is 16.1. The zero-order valence-corrected chi connectivity index (χ0v) is 26.8. The van der Waals surface area contributed by atoms with Gasteiger partial charge >= 0.3 is 0 Å². The zero-order chi connectivity index (χ0) is 29.5. The summed E-state index contributed by atoms with van der Waals surface area (Å²) in [6.07, 6.45) is 32.8. The highest BCUT2D eigenvalue weighted by molar-refractivity contribution is 5.36. The van der Waals surface area contributed by atoms with Crippen LogP contribution >= 0.6 is 0 Å². The molecular weight excluding hydrogens is 516 g/mol. The molecular formula is C38H58N2O2+2. The third-order valence-corrected chi connectivity index (χ3v) is 8.00. The number of hydrogen-bond donors (Lipinski definition) is 0. The summed E-state index contributed by atoms with van der Waals surface area (Å²) in [4.78, 5) is 0. The lowest BCUT2D eigenvalue weighted by Gasteiger charge is -2.08. The highest BCUT2D eigenvalue weighted by atomic mass is 16.5. The van der Waals surface area contributed by atoms with E-state index in [0.29, 0.717) is 0 Å². The van der Waals surface area contributed by atoms with Crippen LogP contribution in [0.2, 0.25) is 0 Å². The third-order valence-electron chi connectivity index (χ3n) is 8.00. The van der Waals surface area contributed by atoms with Gasteiger partial charge in [-0.25, -0.2) is 9.13 Å². The number of aryl methyl sites for hydroxylation is 2. The highest BCUT2D eigenvalue weighted by Crippen LogP contribution is 2.26. The molecule has 0 saturated heterocycles. The Morgan fingerprint density at radius 1 is 0.405 bits per heavy atom. The molecule has 0 radical (unpaired) electrons. The van der Waals surface area contributed by atoms with E-state index in [0.717, 1.165) is 36.1 Å². The Morgan fingerprint density at radius 2 is 0.738 bits per heavy atom. The van der Waals surface area contributed by atoms with Gasteiger partial charge in [-0.2, -0.15) is 0 Å². The van der Waals surface area contributed by atoms with E-state index in [9.17, 15) is 0 Å². The first-order valence-electron chi connectivity index (χ1n) is 17.2. The van der Waals surface area contributed by atoms with Crippen LogP contribution in [0, 0.1) is 0 Å². The average molecular weight is 575 g/mol. The smallest absolute Gasteiger partial charge is 0.211 e. The van der Waals surface area contributed by atoms with Crippen molar-refractivity contribution in [1.82, 2.24) is 0 Å². The van der Waals surface area contributed by atoms with Crippen molar-refractivity contribution in [2.24, 2.45) is 0 Å². The predicted octanol–water partition coefficient (Wildman–Crippen LogP) is 10.9. The molecule has 0 unspecified atom stereocenters. The van der Waals surface area contributed by atoms with Gasteiger partial charge in [-0.1, -0.05) is 104 Å². The Hall–Kier alpha value is -2.88. The minimum Gasteiger partial charge on any atom is -0.451 e. The van der Waals surface area contributed by atoms with Gasteiger partial charge in [0.05, 0.1) is 0 Å². The van der Waals surface area contributed by atoms with Crippen LogP contribution in [0.15, 0.2) is 73.3 Å². The van der Waals surface area contributed by atoms with Gasteiger partial charge in [0.2, 0.25) is 12.4 Å². The number of ether oxygens (including phenoxy) is 2. The quantitative estimate of drug-likeness (QED) is 0.0785. The molecule has 3 rings (SSSR count). The normalized spacial score (nSPS) is 11.1. The Kier molecular flexibility index (Phi) is 17.4. The van der Waals surface area contributed by atoms with Crippen LogP contribution in [-0.4, -0.2) is 0 Å². The molecule has 0 atom stereocenters. The number of rotatable bonds is 24. The Balaban J connectivity index is 1.34. The Morgan fingerprint density at radius 3 is 1.10 bits per heavy atom. The molecule has 2 aromatic heterocycles. The van der Waals surface area contributed by atoms with Crippen LogP contribution in [0.25, 0.3) is 0 Å². The molecule has 0 amide bonds. The lowest BCUT2D eigenvalue weighted by atomic mass is 10.1. The van der Waals surface area contributed by atoms with Crippen LogP contribution in [0.4, 0.5) is 0 Å². The maximum Gasteiger partial charge on any atom is 0.211 e. The van der Waals surface area contributed by atoms with Crippen LogP contribution in [-0.2, 0) is 13.1 Å². The van der Waals surface area contributed by atoms with Gasteiger partial charge in [-0.3, -0.25) is 0 Å². The molecule has 2 heterocycles. The van der Waals surface area contributed by atoms with E-state index in [4.69, 9.17) is 9.47 Å². The van der Waals surface area contributed by atoms with E-state index in [2.05, 4.69) is 59.9 Å². The molecule has 4 nitrogen and oxygen atoms in total. The molecule has 0 aliphatic rings. The van der Waals surface area contributed by atoms with Crippen LogP contribution in [0.3, 0.4) is 0 Å². The summed E-state index contributed by atoms with van der Waals surface area (Å²) in [7, 11) is 0. The first kappa shape index (κ1) is 33.6. The van der Waals surface area contributed by atoms with E-state index < -0.39 is 0 Å². The zero-order valence-electron chi connectivity index (χ0n) is 26.8. The van der Waals surface area contributed by atoms with Gasteiger partial charge in [-0.05, 0) is 49.2 Å². The molecule has 0 spiro atoms. The SMILES string of the molecule is CCCCCCCCCCC[n+]1cccc(Oc2ccc(Oc3ccc[n+](CCCCCCCCCCC)c3)cc2)c1. The van der Waals surface area contributed by atoms with Crippen LogP contribution in [0.5, 0.6) is 23.0 Å². The maximum absolute atomic E-state index is 6.15. The second kappa shape index (κ2) is 21.8. The molecule has 42 heavy (non-hydrogen) atoms. The largest absolute Gasteiger partial charge is 0.451 e. The monoisotopic (exact) mass is 574 g/mol. The number of nitrogens with zero attached hydrogens (tertiary/aromatic N) is 2. The molecule has 230 valence electrons. The van der Waals surface area contributed by atoms with Gasteiger partial charge < -0.3 is 9.47 Å². The topological polar surface area (TPSA) is 26.2 Å². The molecule has 0 N–H and O–H groups in total. The van der Waals surface area contributed by atoms with Crippen molar-refractivity contribution in [3.8, 4) is 23.0 Å². The Bertz CT molecular complexity index is 996. The summed E-state index contributed by atoms with van der Waals surface area (Å²) in [6.45, 7) is 6.63. The summed E-state index contributed by atoms with van der Waals surface area (Å²) in [5.41, 5.74) is 0. The van der Waals surface area contributed by atoms with Gasteiger partial charge in [-0.15, -0.1) is 0 Å². The minimum atomic E-state index is 0.816. The number of pyridine rings is 2. The average Bonchev–Trinajstić information content (AvgIpc) is 3.01.